The summed E-state index contributed by atoms with van der Waals surface area (Å²) < 4.78 is 0. The molecule has 0 aliphatic heterocycles. The Morgan fingerprint density at radius 1 is 1.14 bits per heavy atom. The van der Waals surface area contributed by atoms with E-state index in [1.807, 2.05) is 62.1 Å². The molecule has 0 unspecified atom stereocenters. The highest BCUT2D eigenvalue weighted by atomic mass is 16.2. The average molecular weight is 282 g/mol. The molecule has 0 heterocycles. The maximum absolute atomic E-state index is 12.7. The summed E-state index contributed by atoms with van der Waals surface area (Å²) in [5.74, 6) is 0.0388. The van der Waals surface area contributed by atoms with E-state index in [9.17, 15) is 4.79 Å². The quantitative estimate of drug-likeness (QED) is 0.870. The van der Waals surface area contributed by atoms with Crippen LogP contribution in [0.25, 0.3) is 0 Å². The number of benzene rings is 2. The Hall–Kier alpha value is -2.29. The molecule has 0 aliphatic carbocycles. The molecule has 2 aromatic carbocycles. The third-order valence-corrected chi connectivity index (χ3v) is 3.60. The van der Waals surface area contributed by atoms with Gasteiger partial charge in [0.2, 0.25) is 0 Å². The van der Waals surface area contributed by atoms with Gasteiger partial charge in [0.1, 0.15) is 0 Å². The number of carbonyl (C=O) groups excluding carboxylic acids is 1. The number of nitrogens with two attached hydrogens (primary N) is 1. The zero-order chi connectivity index (χ0) is 15.4. The summed E-state index contributed by atoms with van der Waals surface area (Å²) in [6, 6.07) is 15.6. The standard InChI is InChI=1S/C18H22N2O/c1-13(2)20(12-15-7-5-4-6-8-15)18(21)16-9-10-17(19)14(3)11-16/h4-11,13H,12,19H2,1-3H3. The van der Waals surface area contributed by atoms with Crippen LogP contribution in [0.2, 0.25) is 0 Å². The van der Waals surface area contributed by atoms with Gasteiger partial charge in [0.15, 0.2) is 0 Å². The molecule has 0 radical (unpaired) electrons. The van der Waals surface area contributed by atoms with Crippen LogP contribution in [-0.2, 0) is 6.54 Å². The third-order valence-electron chi connectivity index (χ3n) is 3.60. The van der Waals surface area contributed by atoms with Gasteiger partial charge in [-0.05, 0) is 50.1 Å². The van der Waals surface area contributed by atoms with Crippen LogP contribution in [0.3, 0.4) is 0 Å². The molecule has 0 saturated heterocycles. The highest BCUT2D eigenvalue weighted by molar-refractivity contribution is 5.95. The molecule has 3 nitrogen and oxygen atoms in total. The predicted octanol–water partition coefficient (Wildman–Crippen LogP) is 3.63. The van der Waals surface area contributed by atoms with Crippen LogP contribution in [0.5, 0.6) is 0 Å². The summed E-state index contributed by atoms with van der Waals surface area (Å²) in [7, 11) is 0. The highest BCUT2D eigenvalue weighted by Gasteiger charge is 2.19. The zero-order valence-electron chi connectivity index (χ0n) is 12.8. The number of hydrogen-bond donors (Lipinski definition) is 1. The summed E-state index contributed by atoms with van der Waals surface area (Å²) in [6.07, 6.45) is 0. The molecule has 2 rings (SSSR count). The van der Waals surface area contributed by atoms with Crippen molar-refractivity contribution in [3.05, 3.63) is 65.2 Å². The number of carbonyl (C=O) groups is 1. The lowest BCUT2D eigenvalue weighted by Gasteiger charge is -2.27. The molecular weight excluding hydrogens is 260 g/mol. The van der Waals surface area contributed by atoms with Crippen molar-refractivity contribution in [3.8, 4) is 0 Å². The average Bonchev–Trinajstić information content (AvgIpc) is 2.47. The van der Waals surface area contributed by atoms with E-state index >= 15 is 0 Å². The molecular formula is C18H22N2O. The summed E-state index contributed by atoms with van der Waals surface area (Å²) in [4.78, 5) is 14.6. The molecule has 0 aromatic heterocycles. The van der Waals surface area contributed by atoms with E-state index in [-0.39, 0.29) is 11.9 Å². The van der Waals surface area contributed by atoms with Crippen molar-refractivity contribution in [2.24, 2.45) is 0 Å². The number of hydrogen-bond acceptors (Lipinski definition) is 2. The molecule has 110 valence electrons. The predicted molar refractivity (Wildman–Crippen MR) is 87.0 cm³/mol. The van der Waals surface area contributed by atoms with E-state index in [1.54, 1.807) is 12.1 Å². The van der Waals surface area contributed by atoms with Crippen LogP contribution >= 0.6 is 0 Å². The topological polar surface area (TPSA) is 46.3 Å². The SMILES string of the molecule is Cc1cc(C(=O)N(Cc2ccccc2)C(C)C)ccc1N. The molecule has 0 atom stereocenters. The van der Waals surface area contributed by atoms with E-state index in [4.69, 9.17) is 5.73 Å². The smallest absolute Gasteiger partial charge is 0.254 e. The first-order valence-electron chi connectivity index (χ1n) is 7.20. The molecule has 3 heteroatoms. The van der Waals surface area contributed by atoms with E-state index in [0.29, 0.717) is 17.8 Å². The summed E-state index contributed by atoms with van der Waals surface area (Å²) >= 11 is 0. The second-order valence-corrected chi connectivity index (χ2v) is 5.58. The van der Waals surface area contributed by atoms with Gasteiger partial charge < -0.3 is 10.6 Å². The minimum Gasteiger partial charge on any atom is -0.399 e. The van der Waals surface area contributed by atoms with Crippen molar-refractivity contribution in [1.82, 2.24) is 4.90 Å². The Labute approximate surface area is 126 Å². The van der Waals surface area contributed by atoms with Crippen LogP contribution in [0, 0.1) is 6.92 Å². The fourth-order valence-corrected chi connectivity index (χ4v) is 2.24. The van der Waals surface area contributed by atoms with Gasteiger partial charge in [0.25, 0.3) is 5.91 Å². The fourth-order valence-electron chi connectivity index (χ4n) is 2.24. The second-order valence-electron chi connectivity index (χ2n) is 5.58. The van der Waals surface area contributed by atoms with Gasteiger partial charge in [-0.3, -0.25) is 4.79 Å². The number of amides is 1. The van der Waals surface area contributed by atoms with Crippen molar-refractivity contribution in [2.45, 2.75) is 33.4 Å². The van der Waals surface area contributed by atoms with Crippen molar-refractivity contribution in [2.75, 3.05) is 5.73 Å². The normalized spacial score (nSPS) is 10.7. The monoisotopic (exact) mass is 282 g/mol. The van der Waals surface area contributed by atoms with Gasteiger partial charge >= 0.3 is 0 Å². The molecule has 0 aliphatic rings. The Balaban J connectivity index is 2.25. The third kappa shape index (κ3) is 3.63. The lowest BCUT2D eigenvalue weighted by molar-refractivity contribution is 0.0690. The molecule has 0 bridgehead atoms. The molecule has 21 heavy (non-hydrogen) atoms. The number of aryl methyl sites for hydroxylation is 1. The van der Waals surface area contributed by atoms with E-state index in [0.717, 1.165) is 11.1 Å². The van der Waals surface area contributed by atoms with Gasteiger partial charge in [-0.2, -0.15) is 0 Å². The van der Waals surface area contributed by atoms with E-state index in [2.05, 4.69) is 0 Å². The van der Waals surface area contributed by atoms with Crippen LogP contribution in [0.15, 0.2) is 48.5 Å². The minimum absolute atomic E-state index is 0.0388. The minimum atomic E-state index is 0.0388. The maximum atomic E-state index is 12.7. The summed E-state index contributed by atoms with van der Waals surface area (Å²) in [5, 5.41) is 0. The Morgan fingerprint density at radius 3 is 2.38 bits per heavy atom. The number of rotatable bonds is 4. The summed E-state index contributed by atoms with van der Waals surface area (Å²) in [6.45, 7) is 6.60. The molecule has 0 spiro atoms. The molecule has 2 N–H and O–H groups in total. The number of anilines is 1. The van der Waals surface area contributed by atoms with Crippen molar-refractivity contribution < 1.29 is 4.79 Å². The Bertz CT molecular complexity index is 620. The Morgan fingerprint density at radius 2 is 1.81 bits per heavy atom. The first kappa shape index (κ1) is 15.1. The Kier molecular flexibility index (Phi) is 4.63. The van der Waals surface area contributed by atoms with Gasteiger partial charge in [0, 0.05) is 23.8 Å². The van der Waals surface area contributed by atoms with Crippen LogP contribution in [0.1, 0.15) is 35.3 Å². The largest absolute Gasteiger partial charge is 0.399 e. The van der Waals surface area contributed by atoms with Crippen molar-refractivity contribution >= 4 is 11.6 Å². The van der Waals surface area contributed by atoms with Crippen LogP contribution < -0.4 is 5.73 Å². The molecule has 1 amide bonds. The van der Waals surface area contributed by atoms with Crippen LogP contribution in [-0.4, -0.2) is 16.8 Å². The zero-order valence-corrected chi connectivity index (χ0v) is 12.8. The lowest BCUT2D eigenvalue weighted by atomic mass is 10.1. The lowest BCUT2D eigenvalue weighted by Crippen LogP contribution is -2.36. The van der Waals surface area contributed by atoms with Gasteiger partial charge in [-0.1, -0.05) is 30.3 Å². The van der Waals surface area contributed by atoms with Crippen LogP contribution in [0.4, 0.5) is 5.69 Å². The van der Waals surface area contributed by atoms with E-state index < -0.39 is 0 Å². The molecule has 2 aromatic rings. The van der Waals surface area contributed by atoms with Crippen molar-refractivity contribution in [3.63, 3.8) is 0 Å². The van der Waals surface area contributed by atoms with Crippen molar-refractivity contribution in [1.29, 1.82) is 0 Å². The molecule has 0 fully saturated rings. The van der Waals surface area contributed by atoms with E-state index in [1.165, 1.54) is 0 Å². The van der Waals surface area contributed by atoms with Gasteiger partial charge in [-0.25, -0.2) is 0 Å². The fraction of sp³-hybridized carbons (Fsp3) is 0.278. The van der Waals surface area contributed by atoms with Gasteiger partial charge in [-0.15, -0.1) is 0 Å². The summed E-state index contributed by atoms with van der Waals surface area (Å²) in [5.41, 5.74) is 9.29. The second kappa shape index (κ2) is 6.44. The first-order valence-corrected chi connectivity index (χ1v) is 7.20. The first-order chi connectivity index (χ1) is 9.99. The number of nitrogens with zero attached hydrogens (tertiary/aromatic N) is 1. The molecule has 0 saturated carbocycles. The van der Waals surface area contributed by atoms with Gasteiger partial charge in [0.05, 0.1) is 0 Å². The number of nitrogen functional groups attached to an aromatic ring is 1. The highest BCUT2D eigenvalue weighted by Crippen LogP contribution is 2.17. The maximum Gasteiger partial charge on any atom is 0.254 e.